The number of phenolic OH excluding ortho intramolecular Hbond substituents is 1. The Morgan fingerprint density at radius 3 is 2.65 bits per heavy atom. The van der Waals surface area contributed by atoms with Crippen molar-refractivity contribution in [3.63, 3.8) is 0 Å². The van der Waals surface area contributed by atoms with Crippen molar-refractivity contribution in [2.45, 2.75) is 6.42 Å². The third-order valence-electron chi connectivity index (χ3n) is 2.82. The van der Waals surface area contributed by atoms with Gasteiger partial charge >= 0.3 is 5.97 Å². The molecule has 0 aliphatic rings. The molecule has 2 rings (SSSR count). The third kappa shape index (κ3) is 3.38. The van der Waals surface area contributed by atoms with Gasteiger partial charge in [0.15, 0.2) is 0 Å². The van der Waals surface area contributed by atoms with Crippen molar-refractivity contribution in [2.75, 3.05) is 17.6 Å². The van der Waals surface area contributed by atoms with Crippen molar-refractivity contribution < 1.29 is 15.0 Å². The largest absolute Gasteiger partial charge is 0.508 e. The van der Waals surface area contributed by atoms with E-state index in [1.165, 1.54) is 12.3 Å². The summed E-state index contributed by atoms with van der Waals surface area (Å²) in [6, 6.07) is 8.32. The van der Waals surface area contributed by atoms with E-state index in [2.05, 4.69) is 10.3 Å². The first-order chi connectivity index (χ1) is 9.56. The molecule has 0 saturated heterocycles. The maximum Gasteiger partial charge on any atom is 0.337 e. The highest BCUT2D eigenvalue weighted by Gasteiger charge is 2.09. The highest BCUT2D eigenvalue weighted by Crippen LogP contribution is 2.15. The maximum atomic E-state index is 10.9. The van der Waals surface area contributed by atoms with E-state index in [1.807, 2.05) is 12.1 Å². The van der Waals surface area contributed by atoms with E-state index in [-0.39, 0.29) is 17.0 Å². The number of nitrogen functional groups attached to an aromatic ring is 1. The van der Waals surface area contributed by atoms with E-state index in [1.54, 1.807) is 12.1 Å². The van der Waals surface area contributed by atoms with Gasteiger partial charge in [0.1, 0.15) is 11.6 Å². The molecule has 0 aliphatic carbocycles. The number of carbonyl (C=O) groups is 1. The molecule has 6 nitrogen and oxygen atoms in total. The van der Waals surface area contributed by atoms with E-state index in [0.29, 0.717) is 12.4 Å². The van der Waals surface area contributed by atoms with Crippen LogP contribution in [0.3, 0.4) is 0 Å². The average molecular weight is 273 g/mol. The maximum absolute atomic E-state index is 10.9. The summed E-state index contributed by atoms with van der Waals surface area (Å²) in [5.41, 5.74) is 6.76. The van der Waals surface area contributed by atoms with Crippen molar-refractivity contribution in [3.05, 3.63) is 47.7 Å². The summed E-state index contributed by atoms with van der Waals surface area (Å²) in [4.78, 5) is 15.0. The predicted octanol–water partition coefficient (Wildman–Crippen LogP) is 1.72. The lowest BCUT2D eigenvalue weighted by Crippen LogP contribution is -2.09. The number of nitrogens with one attached hydrogen (secondary N) is 1. The highest BCUT2D eigenvalue weighted by atomic mass is 16.4. The molecule has 0 aliphatic heterocycles. The van der Waals surface area contributed by atoms with Gasteiger partial charge in [-0.25, -0.2) is 9.78 Å². The number of phenols is 1. The van der Waals surface area contributed by atoms with E-state index >= 15 is 0 Å². The number of anilines is 2. The lowest BCUT2D eigenvalue weighted by Gasteiger charge is -2.08. The summed E-state index contributed by atoms with van der Waals surface area (Å²) in [6.45, 7) is 0.598. The molecule has 5 N–H and O–H groups in total. The monoisotopic (exact) mass is 273 g/mol. The first-order valence-corrected chi connectivity index (χ1v) is 6.07. The SMILES string of the molecule is Nc1cnc(NCCc2ccc(O)cc2)cc1C(=O)O. The zero-order chi connectivity index (χ0) is 14.5. The molecule has 1 aromatic heterocycles. The fourth-order valence-electron chi connectivity index (χ4n) is 1.75. The van der Waals surface area contributed by atoms with Crippen molar-refractivity contribution in [3.8, 4) is 5.75 Å². The van der Waals surface area contributed by atoms with Crippen LogP contribution < -0.4 is 11.1 Å². The number of nitrogens with zero attached hydrogens (tertiary/aromatic N) is 1. The molecule has 0 unspecified atom stereocenters. The minimum atomic E-state index is -1.08. The van der Waals surface area contributed by atoms with Gasteiger partial charge in [0.25, 0.3) is 0 Å². The Bertz CT molecular complexity index is 612. The van der Waals surface area contributed by atoms with Gasteiger partial charge in [-0.3, -0.25) is 0 Å². The van der Waals surface area contributed by atoms with Gasteiger partial charge in [-0.15, -0.1) is 0 Å². The fourth-order valence-corrected chi connectivity index (χ4v) is 1.75. The van der Waals surface area contributed by atoms with E-state index in [4.69, 9.17) is 10.8 Å². The summed E-state index contributed by atoms with van der Waals surface area (Å²) in [6.07, 6.45) is 2.06. The van der Waals surface area contributed by atoms with Crippen LogP contribution in [0, 0.1) is 0 Å². The number of aromatic carboxylic acids is 1. The predicted molar refractivity (Wildman–Crippen MR) is 75.9 cm³/mol. The molecule has 0 fully saturated rings. The average Bonchev–Trinajstić information content (AvgIpc) is 2.42. The molecule has 6 heteroatoms. The number of aromatic hydroxyl groups is 1. The number of pyridine rings is 1. The first-order valence-electron chi connectivity index (χ1n) is 6.07. The molecule has 1 aromatic carbocycles. The van der Waals surface area contributed by atoms with Crippen molar-refractivity contribution in [1.82, 2.24) is 4.98 Å². The molecule has 0 spiro atoms. The van der Waals surface area contributed by atoms with Crippen LogP contribution in [-0.4, -0.2) is 27.7 Å². The van der Waals surface area contributed by atoms with Crippen LogP contribution in [0.1, 0.15) is 15.9 Å². The molecule has 20 heavy (non-hydrogen) atoms. The Morgan fingerprint density at radius 2 is 2.00 bits per heavy atom. The number of benzene rings is 1. The molecule has 0 saturated carbocycles. The van der Waals surface area contributed by atoms with Crippen LogP contribution in [-0.2, 0) is 6.42 Å². The summed E-state index contributed by atoms with van der Waals surface area (Å²) >= 11 is 0. The molecule has 0 atom stereocenters. The molecular weight excluding hydrogens is 258 g/mol. The zero-order valence-corrected chi connectivity index (χ0v) is 10.7. The highest BCUT2D eigenvalue weighted by molar-refractivity contribution is 5.94. The van der Waals surface area contributed by atoms with Crippen molar-refractivity contribution in [1.29, 1.82) is 0 Å². The number of aromatic nitrogens is 1. The van der Waals surface area contributed by atoms with Crippen LogP contribution in [0.15, 0.2) is 36.5 Å². The fraction of sp³-hybridized carbons (Fsp3) is 0.143. The lowest BCUT2D eigenvalue weighted by molar-refractivity contribution is 0.0698. The van der Waals surface area contributed by atoms with Crippen molar-refractivity contribution >= 4 is 17.5 Å². The van der Waals surface area contributed by atoms with Gasteiger partial charge < -0.3 is 21.3 Å². The number of carboxylic acid groups (broad SMARTS) is 1. The number of hydrogen-bond donors (Lipinski definition) is 4. The Kier molecular flexibility index (Phi) is 4.05. The zero-order valence-electron chi connectivity index (χ0n) is 10.7. The van der Waals surface area contributed by atoms with Gasteiger partial charge in [-0.05, 0) is 30.2 Å². The second-order valence-corrected chi connectivity index (χ2v) is 4.31. The summed E-state index contributed by atoms with van der Waals surface area (Å²) in [5.74, 6) is -0.380. The van der Waals surface area contributed by atoms with Crippen LogP contribution in [0.25, 0.3) is 0 Å². The van der Waals surface area contributed by atoms with Crippen LogP contribution in [0.5, 0.6) is 5.75 Å². The van der Waals surface area contributed by atoms with Crippen LogP contribution in [0.4, 0.5) is 11.5 Å². The Hall–Kier alpha value is -2.76. The smallest absolute Gasteiger partial charge is 0.337 e. The minimum absolute atomic E-state index is 0.0344. The molecule has 1 heterocycles. The molecule has 2 aromatic rings. The Balaban J connectivity index is 1.96. The standard InChI is InChI=1S/C14H15N3O3/c15-12-8-17-13(7-11(12)14(19)20)16-6-5-9-1-3-10(18)4-2-9/h1-4,7-8,18H,5-6,15H2,(H,16,17)(H,19,20). The number of nitrogens with two attached hydrogens (primary N) is 1. The summed E-state index contributed by atoms with van der Waals surface area (Å²) in [5, 5.41) is 21.2. The topological polar surface area (TPSA) is 108 Å². The molecule has 0 radical (unpaired) electrons. The first kappa shape index (κ1) is 13.7. The van der Waals surface area contributed by atoms with Gasteiger partial charge in [-0.1, -0.05) is 12.1 Å². The quantitative estimate of drug-likeness (QED) is 0.660. The summed E-state index contributed by atoms with van der Waals surface area (Å²) in [7, 11) is 0. The number of carboxylic acids is 1. The molecule has 0 bridgehead atoms. The van der Waals surface area contributed by atoms with Crippen molar-refractivity contribution in [2.24, 2.45) is 0 Å². The number of hydrogen-bond acceptors (Lipinski definition) is 5. The van der Waals surface area contributed by atoms with Gasteiger partial charge in [-0.2, -0.15) is 0 Å². The molecular formula is C14H15N3O3. The second kappa shape index (κ2) is 5.92. The van der Waals surface area contributed by atoms with E-state index < -0.39 is 5.97 Å². The Labute approximate surface area is 115 Å². The lowest BCUT2D eigenvalue weighted by atomic mass is 10.1. The molecule has 0 amide bonds. The minimum Gasteiger partial charge on any atom is -0.508 e. The second-order valence-electron chi connectivity index (χ2n) is 4.31. The molecule has 104 valence electrons. The summed E-state index contributed by atoms with van der Waals surface area (Å²) < 4.78 is 0. The van der Waals surface area contributed by atoms with Crippen LogP contribution in [0.2, 0.25) is 0 Å². The van der Waals surface area contributed by atoms with Gasteiger partial charge in [0.05, 0.1) is 17.4 Å². The normalized spacial score (nSPS) is 10.2. The van der Waals surface area contributed by atoms with Crippen LogP contribution >= 0.6 is 0 Å². The number of rotatable bonds is 5. The van der Waals surface area contributed by atoms with E-state index in [9.17, 15) is 9.90 Å². The van der Waals surface area contributed by atoms with E-state index in [0.717, 1.165) is 12.0 Å². The Morgan fingerprint density at radius 1 is 1.30 bits per heavy atom. The van der Waals surface area contributed by atoms with Gasteiger partial charge in [0.2, 0.25) is 0 Å². The third-order valence-corrected chi connectivity index (χ3v) is 2.82. The van der Waals surface area contributed by atoms with Gasteiger partial charge in [0, 0.05) is 6.54 Å².